The highest BCUT2D eigenvalue weighted by molar-refractivity contribution is 7.16. The van der Waals surface area contributed by atoms with Crippen LogP contribution in [0.5, 0.6) is 0 Å². The molecule has 1 aromatic carbocycles. The Balaban J connectivity index is 1.08. The third-order valence-corrected chi connectivity index (χ3v) is 9.99. The van der Waals surface area contributed by atoms with E-state index in [-0.39, 0.29) is 23.8 Å². The Labute approximate surface area is 280 Å². The first-order chi connectivity index (χ1) is 23.3. The first kappa shape index (κ1) is 31.6. The SMILES string of the molecule is CCc1nc2ccc(-c3cnc(N4CCC(NC(=O)[C@@H]5C[C@@H](O)CN5)CC4)nc3)cn2c1N(C)c1nc(-c2ccc(F)cc2)c(C#N)s1. The quantitative estimate of drug-likeness (QED) is 0.222. The van der Waals surface area contributed by atoms with Crippen LogP contribution in [0.25, 0.3) is 28.0 Å². The van der Waals surface area contributed by atoms with Gasteiger partial charge in [-0.3, -0.25) is 9.20 Å². The number of β-amino-alcohol motifs (C(OH)–C–C–N with tert-alkyl or cyclic N) is 1. The Hall–Kier alpha value is -4.97. The summed E-state index contributed by atoms with van der Waals surface area (Å²) in [6.07, 6.45) is 7.92. The number of amides is 1. The van der Waals surface area contributed by atoms with Crippen LogP contribution >= 0.6 is 11.3 Å². The van der Waals surface area contributed by atoms with Gasteiger partial charge < -0.3 is 25.5 Å². The largest absolute Gasteiger partial charge is 0.392 e. The molecule has 0 saturated carbocycles. The fourth-order valence-corrected chi connectivity index (χ4v) is 7.19. The van der Waals surface area contributed by atoms with Crippen LogP contribution in [0.2, 0.25) is 0 Å². The normalized spacial score (nSPS) is 18.3. The summed E-state index contributed by atoms with van der Waals surface area (Å²) < 4.78 is 15.6. The van der Waals surface area contributed by atoms with E-state index in [9.17, 15) is 19.6 Å². The Bertz CT molecular complexity index is 1980. The lowest BCUT2D eigenvalue weighted by Crippen LogP contribution is -2.49. The number of thiazole rings is 1. The van der Waals surface area contributed by atoms with Gasteiger partial charge in [0.15, 0.2) is 5.13 Å². The molecular weight excluding hydrogens is 632 g/mol. The highest BCUT2D eigenvalue weighted by Gasteiger charge is 2.30. The molecule has 0 spiro atoms. The molecule has 2 atom stereocenters. The minimum absolute atomic E-state index is 0.0470. The number of fused-ring (bicyclic) bond motifs is 1. The predicted molar refractivity (Wildman–Crippen MR) is 182 cm³/mol. The molecule has 2 saturated heterocycles. The minimum atomic E-state index is -0.465. The van der Waals surface area contributed by atoms with Crippen molar-refractivity contribution in [1.29, 1.82) is 5.26 Å². The lowest BCUT2D eigenvalue weighted by Gasteiger charge is -2.32. The number of piperidine rings is 1. The van der Waals surface area contributed by atoms with Gasteiger partial charge in [0.1, 0.15) is 33.9 Å². The van der Waals surface area contributed by atoms with E-state index in [0.29, 0.717) is 46.6 Å². The van der Waals surface area contributed by atoms with Crippen molar-refractivity contribution in [2.24, 2.45) is 0 Å². The van der Waals surface area contributed by atoms with Gasteiger partial charge in [0.25, 0.3) is 0 Å². The van der Waals surface area contributed by atoms with E-state index in [1.807, 2.05) is 54.0 Å². The number of hydrogen-bond donors (Lipinski definition) is 3. The maximum atomic E-state index is 13.6. The molecule has 246 valence electrons. The monoisotopic (exact) mass is 666 g/mol. The van der Waals surface area contributed by atoms with Crippen LogP contribution in [0.4, 0.5) is 21.3 Å². The summed E-state index contributed by atoms with van der Waals surface area (Å²) in [4.78, 5) is 36.1. The smallest absolute Gasteiger partial charge is 0.237 e. The van der Waals surface area contributed by atoms with Crippen LogP contribution in [-0.4, -0.2) is 80.2 Å². The van der Waals surface area contributed by atoms with E-state index in [2.05, 4.69) is 21.6 Å². The number of rotatable bonds is 8. The molecular formula is C34H35FN10O2S. The topological polar surface area (TPSA) is 148 Å². The van der Waals surface area contributed by atoms with Gasteiger partial charge in [-0.1, -0.05) is 18.3 Å². The summed E-state index contributed by atoms with van der Waals surface area (Å²) in [5, 5.41) is 26.4. The van der Waals surface area contributed by atoms with Crippen LogP contribution in [0.3, 0.4) is 0 Å². The number of pyridine rings is 1. The lowest BCUT2D eigenvalue weighted by atomic mass is 10.0. The van der Waals surface area contributed by atoms with Crippen molar-refractivity contribution in [1.82, 2.24) is 35.0 Å². The van der Waals surface area contributed by atoms with Crippen molar-refractivity contribution in [2.45, 2.75) is 50.8 Å². The molecule has 2 aliphatic heterocycles. The van der Waals surface area contributed by atoms with Crippen LogP contribution in [0.1, 0.15) is 36.8 Å². The summed E-state index contributed by atoms with van der Waals surface area (Å²) >= 11 is 1.28. The van der Waals surface area contributed by atoms with Crippen molar-refractivity contribution in [3.63, 3.8) is 0 Å². The highest BCUT2D eigenvalue weighted by Crippen LogP contribution is 2.37. The maximum Gasteiger partial charge on any atom is 0.237 e. The average molecular weight is 667 g/mol. The number of anilines is 3. The van der Waals surface area contributed by atoms with Gasteiger partial charge in [0.2, 0.25) is 11.9 Å². The number of aromatic nitrogens is 5. The Morgan fingerprint density at radius 3 is 2.52 bits per heavy atom. The van der Waals surface area contributed by atoms with Crippen LogP contribution < -0.4 is 20.4 Å². The van der Waals surface area contributed by atoms with Gasteiger partial charge in [0.05, 0.1) is 17.8 Å². The van der Waals surface area contributed by atoms with Crippen LogP contribution in [0.15, 0.2) is 55.0 Å². The van der Waals surface area contributed by atoms with Gasteiger partial charge in [-0.2, -0.15) is 5.26 Å². The van der Waals surface area contributed by atoms with Crippen LogP contribution in [-0.2, 0) is 11.2 Å². The molecule has 0 aliphatic carbocycles. The zero-order chi connectivity index (χ0) is 33.4. The van der Waals surface area contributed by atoms with E-state index in [4.69, 9.17) is 19.9 Å². The summed E-state index contributed by atoms with van der Waals surface area (Å²) in [5.41, 5.74) is 4.63. The second kappa shape index (κ2) is 13.3. The summed E-state index contributed by atoms with van der Waals surface area (Å²) in [7, 11) is 1.91. The van der Waals surface area contributed by atoms with Gasteiger partial charge in [0, 0.05) is 68.0 Å². The summed E-state index contributed by atoms with van der Waals surface area (Å²) in [6, 6.07) is 12.0. The number of aliphatic hydroxyl groups excluding tert-OH is 1. The number of benzene rings is 1. The number of carbonyl (C=O) groups excluding carboxylic acids is 1. The fourth-order valence-electron chi connectivity index (χ4n) is 6.34. The highest BCUT2D eigenvalue weighted by atomic mass is 32.1. The van der Waals surface area contributed by atoms with E-state index >= 15 is 0 Å². The van der Waals surface area contributed by atoms with Crippen LogP contribution in [0, 0.1) is 17.1 Å². The molecule has 0 unspecified atom stereocenters. The number of nitriles is 1. The first-order valence-electron chi connectivity index (χ1n) is 16.0. The first-order valence-corrected chi connectivity index (χ1v) is 16.8. The van der Waals surface area contributed by atoms with E-state index in [1.54, 1.807) is 12.1 Å². The fraction of sp³-hybridized carbons (Fsp3) is 0.353. The Kier molecular flexibility index (Phi) is 8.74. The second-order valence-electron chi connectivity index (χ2n) is 12.1. The molecule has 5 aromatic rings. The van der Waals surface area contributed by atoms with Gasteiger partial charge in [-0.15, -0.1) is 0 Å². The van der Waals surface area contributed by atoms with Crippen molar-refractivity contribution in [2.75, 3.05) is 36.5 Å². The summed E-state index contributed by atoms with van der Waals surface area (Å²) in [5.74, 6) is 1.09. The number of aryl methyl sites for hydroxylation is 1. The van der Waals surface area contributed by atoms with Gasteiger partial charge in [-0.25, -0.2) is 24.3 Å². The molecule has 3 N–H and O–H groups in total. The number of nitrogens with zero attached hydrogens (tertiary/aromatic N) is 8. The molecule has 12 nitrogen and oxygen atoms in total. The molecule has 7 rings (SSSR count). The summed E-state index contributed by atoms with van der Waals surface area (Å²) in [6.45, 7) is 3.97. The van der Waals surface area contributed by atoms with Crippen molar-refractivity contribution >= 4 is 39.8 Å². The number of hydrogen-bond acceptors (Lipinski definition) is 11. The number of imidazole rings is 1. The van der Waals surface area contributed by atoms with Gasteiger partial charge in [-0.05, 0) is 62.1 Å². The minimum Gasteiger partial charge on any atom is -0.392 e. The molecule has 0 radical (unpaired) electrons. The lowest BCUT2D eigenvalue weighted by molar-refractivity contribution is -0.123. The second-order valence-corrected chi connectivity index (χ2v) is 13.1. The number of halogens is 1. The maximum absolute atomic E-state index is 13.6. The van der Waals surface area contributed by atoms with Crippen molar-refractivity contribution < 1.29 is 14.3 Å². The predicted octanol–water partition coefficient (Wildman–Crippen LogP) is 4.06. The Morgan fingerprint density at radius 2 is 1.85 bits per heavy atom. The average Bonchev–Trinajstić information content (AvgIpc) is 3.85. The standard InChI is InChI=1S/C34H35FN10O2S/c1-3-26-32(43(2)34-42-30(28(15-36)48-34)20-4-7-23(35)8-5-20)45-19-21(6-9-29(45)41-26)22-16-38-33(39-17-22)44-12-10-24(11-13-44)40-31(47)27-14-25(46)18-37-27/h4-9,16-17,19,24-25,27,37,46H,3,10-14,18H2,1-2H3,(H,40,47)/t25-,27+/m1/s1. The molecule has 6 heterocycles. The molecule has 1 amide bonds. The number of nitrogens with one attached hydrogen (secondary N) is 2. The van der Waals surface area contributed by atoms with E-state index in [0.717, 1.165) is 54.2 Å². The molecule has 0 bridgehead atoms. The van der Waals surface area contributed by atoms with E-state index < -0.39 is 6.10 Å². The number of aliphatic hydroxyl groups is 1. The molecule has 14 heteroatoms. The van der Waals surface area contributed by atoms with Crippen molar-refractivity contribution in [3.05, 3.63) is 71.4 Å². The van der Waals surface area contributed by atoms with Gasteiger partial charge >= 0.3 is 0 Å². The molecule has 48 heavy (non-hydrogen) atoms. The third-order valence-electron chi connectivity index (χ3n) is 8.96. The number of carbonyl (C=O) groups is 1. The zero-order valence-corrected chi connectivity index (χ0v) is 27.4. The Morgan fingerprint density at radius 1 is 1.12 bits per heavy atom. The van der Waals surface area contributed by atoms with Crippen molar-refractivity contribution in [3.8, 4) is 28.5 Å². The van der Waals surface area contributed by atoms with E-state index in [1.165, 1.54) is 23.5 Å². The zero-order valence-electron chi connectivity index (χ0n) is 26.6. The molecule has 4 aromatic heterocycles. The molecule has 2 fully saturated rings. The third kappa shape index (κ3) is 6.19. The molecule has 2 aliphatic rings.